The highest BCUT2D eigenvalue weighted by Crippen LogP contribution is 2.15. The molecule has 0 unspecified atom stereocenters. The van der Waals surface area contributed by atoms with Crippen molar-refractivity contribution in [2.45, 2.75) is 52.9 Å². The van der Waals surface area contributed by atoms with Gasteiger partial charge in [-0.1, -0.05) is 61.7 Å². The lowest BCUT2D eigenvalue weighted by atomic mass is 10.0. The molecule has 0 radical (unpaired) electrons. The molecule has 6 nitrogen and oxygen atoms in total. The Morgan fingerprint density at radius 3 is 2.34 bits per heavy atom. The van der Waals surface area contributed by atoms with Crippen molar-refractivity contribution in [3.8, 4) is 0 Å². The lowest BCUT2D eigenvalue weighted by Gasteiger charge is -2.22. The number of amides is 2. The highest BCUT2D eigenvalue weighted by Gasteiger charge is 2.24. The lowest BCUT2D eigenvalue weighted by Crippen LogP contribution is -2.47. The van der Waals surface area contributed by atoms with Gasteiger partial charge in [0.15, 0.2) is 0 Å². The number of hydrogen-bond donors (Lipinski definition) is 1. The van der Waals surface area contributed by atoms with Gasteiger partial charge in [0.1, 0.15) is 0 Å². The fourth-order valence-corrected chi connectivity index (χ4v) is 2.80. The van der Waals surface area contributed by atoms with E-state index in [-0.39, 0.29) is 12.3 Å². The van der Waals surface area contributed by atoms with E-state index in [0.29, 0.717) is 22.7 Å². The summed E-state index contributed by atoms with van der Waals surface area (Å²) in [6.45, 7) is 5.78. The molecule has 1 N–H and O–H groups in total. The molecule has 2 amide bonds. The van der Waals surface area contributed by atoms with Crippen LogP contribution >= 0.6 is 0 Å². The fraction of sp³-hybridized carbons (Fsp3) is 0.348. The van der Waals surface area contributed by atoms with Gasteiger partial charge in [0.05, 0.1) is 5.56 Å². The standard InChI is InChI=1S/C23H28N2O4/c1-4-5-6-10-16-21(26)24-25(22(27)19-13-8-7-9-14-19)29-23(28)20-15-11-12-17(2)18(20)3/h7-9,11-15H,4-6,10,16H2,1-3H3,(H,24,26). The Labute approximate surface area is 171 Å². The molecule has 0 heterocycles. The van der Waals surface area contributed by atoms with Gasteiger partial charge in [-0.3, -0.25) is 9.59 Å². The zero-order valence-corrected chi connectivity index (χ0v) is 17.2. The fourth-order valence-electron chi connectivity index (χ4n) is 2.80. The Bertz CT molecular complexity index is 849. The van der Waals surface area contributed by atoms with Crippen molar-refractivity contribution in [1.82, 2.24) is 10.6 Å². The van der Waals surface area contributed by atoms with Gasteiger partial charge in [0.2, 0.25) is 5.91 Å². The summed E-state index contributed by atoms with van der Waals surface area (Å²) in [4.78, 5) is 43.1. The number of nitrogens with one attached hydrogen (secondary N) is 1. The van der Waals surface area contributed by atoms with Gasteiger partial charge in [-0.05, 0) is 49.6 Å². The van der Waals surface area contributed by atoms with Crippen LogP contribution in [-0.2, 0) is 9.63 Å². The van der Waals surface area contributed by atoms with Crippen LogP contribution in [0.4, 0.5) is 0 Å². The van der Waals surface area contributed by atoms with E-state index in [1.165, 1.54) is 0 Å². The summed E-state index contributed by atoms with van der Waals surface area (Å²) in [7, 11) is 0. The number of hydroxylamine groups is 1. The molecule has 154 valence electrons. The normalized spacial score (nSPS) is 10.3. The molecule has 0 bridgehead atoms. The topological polar surface area (TPSA) is 75.7 Å². The third kappa shape index (κ3) is 6.45. The van der Waals surface area contributed by atoms with Crippen molar-refractivity contribution >= 4 is 17.8 Å². The second-order valence-electron chi connectivity index (χ2n) is 6.94. The molecule has 0 aliphatic rings. The minimum atomic E-state index is -0.707. The molecule has 2 aromatic rings. The molecule has 0 aliphatic heterocycles. The first kappa shape index (κ1) is 22.1. The Hall–Kier alpha value is -3.15. The van der Waals surface area contributed by atoms with Gasteiger partial charge < -0.3 is 4.84 Å². The van der Waals surface area contributed by atoms with Crippen LogP contribution < -0.4 is 5.43 Å². The third-order valence-electron chi connectivity index (χ3n) is 4.69. The summed E-state index contributed by atoms with van der Waals surface area (Å²) in [5.74, 6) is -1.70. The number of unbranched alkanes of at least 4 members (excludes halogenated alkanes) is 3. The first-order valence-corrected chi connectivity index (χ1v) is 9.91. The van der Waals surface area contributed by atoms with Crippen molar-refractivity contribution in [3.63, 3.8) is 0 Å². The van der Waals surface area contributed by atoms with Crippen LogP contribution in [0, 0.1) is 13.8 Å². The van der Waals surface area contributed by atoms with Crippen molar-refractivity contribution in [1.29, 1.82) is 0 Å². The number of rotatable bonds is 7. The number of nitrogens with zero attached hydrogens (tertiary/aromatic N) is 1. The van der Waals surface area contributed by atoms with E-state index in [1.807, 2.05) is 19.9 Å². The zero-order valence-electron chi connectivity index (χ0n) is 17.2. The number of carbonyl (C=O) groups is 3. The molecule has 29 heavy (non-hydrogen) atoms. The average Bonchev–Trinajstić information content (AvgIpc) is 2.72. The highest BCUT2D eigenvalue weighted by atomic mass is 16.7. The van der Waals surface area contributed by atoms with Gasteiger partial charge in [0, 0.05) is 12.0 Å². The van der Waals surface area contributed by atoms with Gasteiger partial charge >= 0.3 is 11.9 Å². The van der Waals surface area contributed by atoms with E-state index in [4.69, 9.17) is 4.84 Å². The van der Waals surface area contributed by atoms with Crippen molar-refractivity contribution < 1.29 is 19.2 Å². The second kappa shape index (κ2) is 11.0. The largest absolute Gasteiger partial charge is 0.366 e. The van der Waals surface area contributed by atoms with E-state index >= 15 is 0 Å². The van der Waals surface area contributed by atoms with Crippen molar-refractivity contribution in [3.05, 3.63) is 70.8 Å². The smallest absolute Gasteiger partial charge is 0.312 e. The molecule has 0 spiro atoms. The summed E-state index contributed by atoms with van der Waals surface area (Å²) in [6.07, 6.45) is 3.99. The Balaban J connectivity index is 2.15. The summed E-state index contributed by atoms with van der Waals surface area (Å²) < 4.78 is 0. The maximum absolute atomic E-state index is 12.8. The van der Waals surface area contributed by atoms with Crippen LogP contribution in [0.2, 0.25) is 0 Å². The van der Waals surface area contributed by atoms with Gasteiger partial charge in [0.25, 0.3) is 0 Å². The van der Waals surface area contributed by atoms with Crippen LogP contribution in [0.25, 0.3) is 0 Å². The van der Waals surface area contributed by atoms with E-state index < -0.39 is 11.9 Å². The number of hydrazine groups is 1. The van der Waals surface area contributed by atoms with Gasteiger partial charge in [-0.15, -0.1) is 0 Å². The molecule has 0 aromatic heterocycles. The minimum Gasteiger partial charge on any atom is -0.312 e. The Morgan fingerprint density at radius 1 is 0.931 bits per heavy atom. The summed E-state index contributed by atoms with van der Waals surface area (Å²) in [5, 5.41) is 0.640. The SMILES string of the molecule is CCCCCCC(=O)NN(OC(=O)c1cccc(C)c1C)C(=O)c1ccccc1. The lowest BCUT2D eigenvalue weighted by molar-refractivity contribution is -0.147. The second-order valence-corrected chi connectivity index (χ2v) is 6.94. The van der Waals surface area contributed by atoms with E-state index in [9.17, 15) is 14.4 Å². The molecule has 0 saturated heterocycles. The maximum Gasteiger partial charge on any atom is 0.366 e. The molecule has 0 saturated carbocycles. The number of carbonyl (C=O) groups excluding carboxylic acids is 3. The van der Waals surface area contributed by atoms with Crippen LogP contribution in [0.5, 0.6) is 0 Å². The molecular formula is C23H28N2O4. The first-order chi connectivity index (χ1) is 13.9. The summed E-state index contributed by atoms with van der Waals surface area (Å²) in [5.41, 5.74) is 4.76. The van der Waals surface area contributed by atoms with Crippen LogP contribution in [0.15, 0.2) is 48.5 Å². The molecule has 0 aliphatic carbocycles. The van der Waals surface area contributed by atoms with E-state index in [1.54, 1.807) is 42.5 Å². The van der Waals surface area contributed by atoms with E-state index in [0.717, 1.165) is 30.4 Å². The monoisotopic (exact) mass is 396 g/mol. The third-order valence-corrected chi connectivity index (χ3v) is 4.69. The van der Waals surface area contributed by atoms with Crippen molar-refractivity contribution in [2.75, 3.05) is 0 Å². The minimum absolute atomic E-state index is 0.250. The zero-order chi connectivity index (χ0) is 21.2. The molecule has 2 rings (SSSR count). The maximum atomic E-state index is 12.8. The Kier molecular flexibility index (Phi) is 8.40. The predicted molar refractivity (Wildman–Crippen MR) is 111 cm³/mol. The summed E-state index contributed by atoms with van der Waals surface area (Å²) in [6, 6.07) is 13.6. The van der Waals surface area contributed by atoms with Crippen LogP contribution in [-0.4, -0.2) is 23.0 Å². The number of benzene rings is 2. The van der Waals surface area contributed by atoms with Crippen LogP contribution in [0.3, 0.4) is 0 Å². The van der Waals surface area contributed by atoms with Gasteiger partial charge in [-0.2, -0.15) is 0 Å². The Morgan fingerprint density at radius 2 is 1.66 bits per heavy atom. The molecular weight excluding hydrogens is 368 g/mol. The summed E-state index contributed by atoms with van der Waals surface area (Å²) >= 11 is 0. The molecule has 0 fully saturated rings. The van der Waals surface area contributed by atoms with Gasteiger partial charge in [-0.25, -0.2) is 10.2 Å². The quantitative estimate of drug-likeness (QED) is 0.551. The van der Waals surface area contributed by atoms with Crippen molar-refractivity contribution in [2.24, 2.45) is 0 Å². The molecule has 6 heteroatoms. The molecule has 2 aromatic carbocycles. The van der Waals surface area contributed by atoms with E-state index in [2.05, 4.69) is 12.3 Å². The average molecular weight is 396 g/mol. The molecule has 0 atom stereocenters. The van der Waals surface area contributed by atoms with Crippen LogP contribution in [0.1, 0.15) is 70.9 Å². The number of aryl methyl sites for hydroxylation is 1. The number of hydrogen-bond acceptors (Lipinski definition) is 4. The predicted octanol–water partition coefficient (Wildman–Crippen LogP) is 4.52. The first-order valence-electron chi connectivity index (χ1n) is 9.91. The highest BCUT2D eigenvalue weighted by molar-refractivity contribution is 5.97.